The first-order chi connectivity index (χ1) is 28.5. The molecular weight excluding hydrogens is 721 g/mol. The van der Waals surface area contributed by atoms with Gasteiger partial charge in [-0.1, -0.05) is 198 Å². The van der Waals surface area contributed by atoms with Gasteiger partial charge in [0, 0.05) is 19.3 Å². The van der Waals surface area contributed by atoms with Crippen LogP contribution < -0.4 is 0 Å². The molecule has 0 saturated carbocycles. The van der Waals surface area contributed by atoms with Gasteiger partial charge in [0.25, 0.3) is 0 Å². The maximum absolute atomic E-state index is 12.7. The first kappa shape index (κ1) is 55.4. The second-order valence-corrected chi connectivity index (χ2v) is 16.3. The minimum atomic E-state index is -0.781. The number of allylic oxidation sites excluding steroid dienone is 8. The smallest absolute Gasteiger partial charge is 0.306 e. The van der Waals surface area contributed by atoms with Crippen LogP contribution >= 0.6 is 0 Å². The monoisotopic (exact) mass is 813 g/mol. The Morgan fingerprint density at radius 1 is 0.362 bits per heavy atom. The van der Waals surface area contributed by atoms with Crippen LogP contribution in [0.2, 0.25) is 0 Å². The van der Waals surface area contributed by atoms with E-state index in [2.05, 4.69) is 69.4 Å². The van der Waals surface area contributed by atoms with Crippen LogP contribution in [-0.4, -0.2) is 37.2 Å². The normalized spacial score (nSPS) is 12.4. The van der Waals surface area contributed by atoms with Crippen molar-refractivity contribution in [1.29, 1.82) is 0 Å². The first-order valence-corrected chi connectivity index (χ1v) is 24.6. The average molecular weight is 813 g/mol. The summed E-state index contributed by atoms with van der Waals surface area (Å²) in [5.41, 5.74) is 0. The fourth-order valence-corrected chi connectivity index (χ4v) is 6.86. The number of carbonyl (C=O) groups excluding carboxylic acids is 3. The van der Waals surface area contributed by atoms with Crippen molar-refractivity contribution in [2.75, 3.05) is 13.2 Å². The fraction of sp³-hybridized carbons (Fsp3) is 0.788. The molecule has 0 saturated heterocycles. The quantitative estimate of drug-likeness (QED) is 0.0264. The molecule has 0 aromatic rings. The molecule has 0 aliphatic heterocycles. The molecule has 0 aromatic heterocycles. The molecule has 0 fully saturated rings. The van der Waals surface area contributed by atoms with E-state index in [1.54, 1.807) is 0 Å². The number of unbranched alkanes of at least 4 members (excludes halogenated alkanes) is 25. The van der Waals surface area contributed by atoms with Crippen LogP contribution in [0.15, 0.2) is 48.6 Å². The van der Waals surface area contributed by atoms with Gasteiger partial charge in [0.1, 0.15) is 13.2 Å². The maximum Gasteiger partial charge on any atom is 0.306 e. The number of rotatable bonds is 44. The number of hydrogen-bond donors (Lipinski definition) is 0. The summed E-state index contributed by atoms with van der Waals surface area (Å²) < 4.78 is 16.7. The lowest BCUT2D eigenvalue weighted by Gasteiger charge is -2.18. The highest BCUT2D eigenvalue weighted by Gasteiger charge is 2.19. The molecule has 6 heteroatoms. The van der Waals surface area contributed by atoms with Crippen molar-refractivity contribution in [2.24, 2.45) is 0 Å². The predicted octanol–water partition coefficient (Wildman–Crippen LogP) is 15.9. The Balaban J connectivity index is 4.36. The van der Waals surface area contributed by atoms with E-state index in [1.807, 2.05) is 0 Å². The molecule has 0 N–H and O–H groups in total. The van der Waals surface area contributed by atoms with Crippen LogP contribution in [0.1, 0.15) is 245 Å². The summed E-state index contributed by atoms with van der Waals surface area (Å²) in [5, 5.41) is 0. The van der Waals surface area contributed by atoms with Gasteiger partial charge in [-0.05, 0) is 77.0 Å². The van der Waals surface area contributed by atoms with Gasteiger partial charge in [-0.25, -0.2) is 0 Å². The van der Waals surface area contributed by atoms with Gasteiger partial charge in [0.05, 0.1) is 0 Å². The largest absolute Gasteiger partial charge is 0.462 e. The van der Waals surface area contributed by atoms with Gasteiger partial charge in [0.15, 0.2) is 6.10 Å². The van der Waals surface area contributed by atoms with Crippen molar-refractivity contribution in [3.8, 4) is 0 Å². The number of carbonyl (C=O) groups is 3. The van der Waals surface area contributed by atoms with E-state index in [4.69, 9.17) is 14.2 Å². The Labute approximate surface area is 358 Å². The molecule has 1 unspecified atom stereocenters. The average Bonchev–Trinajstić information content (AvgIpc) is 3.22. The van der Waals surface area contributed by atoms with Gasteiger partial charge in [0.2, 0.25) is 0 Å². The lowest BCUT2D eigenvalue weighted by molar-refractivity contribution is -0.167. The Kier molecular flexibility index (Phi) is 44.9. The molecule has 6 nitrogen and oxygen atoms in total. The van der Waals surface area contributed by atoms with Crippen molar-refractivity contribution < 1.29 is 28.6 Å². The van der Waals surface area contributed by atoms with E-state index in [-0.39, 0.29) is 31.1 Å². The second kappa shape index (κ2) is 47.1. The van der Waals surface area contributed by atoms with Gasteiger partial charge in [-0.15, -0.1) is 0 Å². The molecule has 0 aromatic carbocycles. The molecule has 0 radical (unpaired) electrons. The Bertz CT molecular complexity index is 1030. The van der Waals surface area contributed by atoms with Crippen molar-refractivity contribution in [3.05, 3.63) is 48.6 Å². The predicted molar refractivity (Wildman–Crippen MR) is 247 cm³/mol. The van der Waals surface area contributed by atoms with Gasteiger partial charge in [-0.2, -0.15) is 0 Å². The zero-order chi connectivity index (χ0) is 42.3. The number of ether oxygens (including phenoxy) is 3. The third-order valence-corrected chi connectivity index (χ3v) is 10.6. The molecule has 0 rings (SSSR count). The van der Waals surface area contributed by atoms with E-state index in [0.29, 0.717) is 19.3 Å². The van der Waals surface area contributed by atoms with E-state index >= 15 is 0 Å². The van der Waals surface area contributed by atoms with Crippen LogP contribution in [0.3, 0.4) is 0 Å². The summed E-state index contributed by atoms with van der Waals surface area (Å²) in [6.07, 6.45) is 55.2. The van der Waals surface area contributed by atoms with Crippen LogP contribution in [0, 0.1) is 0 Å². The van der Waals surface area contributed by atoms with Crippen LogP contribution in [0.25, 0.3) is 0 Å². The van der Waals surface area contributed by atoms with Gasteiger partial charge in [-0.3, -0.25) is 14.4 Å². The second-order valence-electron chi connectivity index (χ2n) is 16.3. The molecule has 336 valence electrons. The third-order valence-electron chi connectivity index (χ3n) is 10.6. The zero-order valence-corrected chi connectivity index (χ0v) is 38.3. The first-order valence-electron chi connectivity index (χ1n) is 24.6. The Morgan fingerprint density at radius 3 is 1.07 bits per heavy atom. The van der Waals surface area contributed by atoms with Crippen molar-refractivity contribution in [1.82, 2.24) is 0 Å². The molecule has 1 atom stereocenters. The van der Waals surface area contributed by atoms with Crippen molar-refractivity contribution >= 4 is 17.9 Å². The molecule has 0 spiro atoms. The number of esters is 3. The standard InChI is InChI=1S/C52H92O6/c1-4-7-10-13-16-19-21-23-25-27-28-30-33-36-39-42-45-51(54)57-48-49(47-56-50(53)44-41-38-35-32-18-15-12-9-6-3)58-52(55)46-43-40-37-34-31-29-26-24-22-20-17-14-11-8-5-2/h8,11,17,20,24-27,49H,4-7,9-10,12-16,18-19,21-23,28-48H2,1-3H3/b11-8-,20-17-,26-24-,27-25-. The maximum atomic E-state index is 12.7. The van der Waals surface area contributed by atoms with Crippen LogP contribution in [0.4, 0.5) is 0 Å². The van der Waals surface area contributed by atoms with E-state index in [1.165, 1.54) is 103 Å². The fourth-order valence-electron chi connectivity index (χ4n) is 6.86. The minimum Gasteiger partial charge on any atom is -0.462 e. The molecule has 0 aliphatic rings. The SMILES string of the molecule is CC/C=C\C/C=C\C/C=C\CCCCCCCC(=O)OC(COC(=O)CCCCCCC/C=C\CCCCCCCCC)COC(=O)CCCCCCCCCCC. The summed E-state index contributed by atoms with van der Waals surface area (Å²) in [6, 6.07) is 0. The Morgan fingerprint density at radius 2 is 0.672 bits per heavy atom. The minimum absolute atomic E-state index is 0.0814. The highest BCUT2D eigenvalue weighted by atomic mass is 16.6. The topological polar surface area (TPSA) is 78.9 Å². The highest BCUT2D eigenvalue weighted by Crippen LogP contribution is 2.14. The third kappa shape index (κ3) is 44.5. The van der Waals surface area contributed by atoms with Gasteiger partial charge >= 0.3 is 17.9 Å². The van der Waals surface area contributed by atoms with Crippen LogP contribution in [0.5, 0.6) is 0 Å². The van der Waals surface area contributed by atoms with E-state index in [0.717, 1.165) is 103 Å². The molecule has 0 heterocycles. The van der Waals surface area contributed by atoms with E-state index < -0.39 is 6.10 Å². The lowest BCUT2D eigenvalue weighted by atomic mass is 10.1. The molecular formula is C52H92O6. The van der Waals surface area contributed by atoms with Gasteiger partial charge < -0.3 is 14.2 Å². The summed E-state index contributed by atoms with van der Waals surface area (Å²) in [4.78, 5) is 37.8. The lowest BCUT2D eigenvalue weighted by Crippen LogP contribution is -2.30. The summed E-state index contributed by atoms with van der Waals surface area (Å²) in [5.74, 6) is -0.906. The molecule has 58 heavy (non-hydrogen) atoms. The summed E-state index contributed by atoms with van der Waals surface area (Å²) >= 11 is 0. The molecule has 0 amide bonds. The van der Waals surface area contributed by atoms with Crippen molar-refractivity contribution in [3.63, 3.8) is 0 Å². The summed E-state index contributed by atoms with van der Waals surface area (Å²) in [6.45, 7) is 6.49. The highest BCUT2D eigenvalue weighted by molar-refractivity contribution is 5.71. The van der Waals surface area contributed by atoms with E-state index in [9.17, 15) is 14.4 Å². The number of hydrogen-bond acceptors (Lipinski definition) is 6. The van der Waals surface area contributed by atoms with Crippen molar-refractivity contribution in [2.45, 2.75) is 252 Å². The zero-order valence-electron chi connectivity index (χ0n) is 38.3. The van der Waals surface area contributed by atoms with Crippen LogP contribution in [-0.2, 0) is 28.6 Å². The Hall–Kier alpha value is -2.63. The molecule has 0 aliphatic carbocycles. The molecule has 0 bridgehead atoms. The summed E-state index contributed by atoms with van der Waals surface area (Å²) in [7, 11) is 0.